The van der Waals surface area contributed by atoms with Crippen LogP contribution in [0.15, 0.2) is 60.7 Å². The number of methoxy groups -OCH3 is 1. The number of carbonyl (C=O) groups is 1. The Bertz CT molecular complexity index is 1340. The van der Waals surface area contributed by atoms with Gasteiger partial charge in [-0.05, 0) is 53.9 Å². The maximum absolute atomic E-state index is 13.5. The van der Waals surface area contributed by atoms with E-state index in [1.54, 1.807) is 37.4 Å². The summed E-state index contributed by atoms with van der Waals surface area (Å²) in [5, 5.41) is 15.0. The van der Waals surface area contributed by atoms with Gasteiger partial charge in [0, 0.05) is 49.0 Å². The number of fused-ring (bicyclic) bond motifs is 3. The van der Waals surface area contributed by atoms with Crippen LogP contribution in [0.25, 0.3) is 0 Å². The molecule has 0 aromatic heterocycles. The third-order valence-corrected chi connectivity index (χ3v) is 7.34. The van der Waals surface area contributed by atoms with Gasteiger partial charge in [-0.2, -0.15) is 0 Å². The number of anilines is 2. The Morgan fingerprint density at radius 2 is 1.92 bits per heavy atom. The minimum absolute atomic E-state index is 0.00460. The molecule has 10 heteroatoms. The maximum atomic E-state index is 13.5. The molecule has 1 N–H and O–H groups in total. The molecule has 3 aromatic carbocycles. The summed E-state index contributed by atoms with van der Waals surface area (Å²) in [7, 11) is 1.61. The number of carbonyl (C=O) groups excluding carboxylic acids is 1. The van der Waals surface area contributed by atoms with Gasteiger partial charge in [0.05, 0.1) is 29.7 Å². The van der Waals surface area contributed by atoms with Crippen molar-refractivity contribution in [3.63, 3.8) is 0 Å². The Morgan fingerprint density at radius 3 is 2.65 bits per heavy atom. The van der Waals surface area contributed by atoms with E-state index in [1.165, 1.54) is 18.2 Å². The lowest BCUT2D eigenvalue weighted by Gasteiger charge is -2.49. The largest absolute Gasteiger partial charge is 0.495 e. The quantitative estimate of drug-likeness (QED) is 0.375. The number of benzene rings is 3. The van der Waals surface area contributed by atoms with Crippen LogP contribution in [0, 0.1) is 21.8 Å². The molecule has 0 saturated carbocycles. The number of piperazine rings is 1. The summed E-state index contributed by atoms with van der Waals surface area (Å²) in [6.07, 6.45) is 0.369. The lowest BCUT2D eigenvalue weighted by Crippen LogP contribution is -2.61. The zero-order valence-corrected chi connectivity index (χ0v) is 21.0. The van der Waals surface area contributed by atoms with E-state index in [4.69, 9.17) is 16.3 Å². The summed E-state index contributed by atoms with van der Waals surface area (Å²) in [6, 6.07) is 16.1. The Morgan fingerprint density at radius 1 is 1.14 bits per heavy atom. The van der Waals surface area contributed by atoms with Gasteiger partial charge in [-0.15, -0.1) is 0 Å². The highest BCUT2D eigenvalue weighted by Gasteiger charge is 2.42. The summed E-state index contributed by atoms with van der Waals surface area (Å²) in [6.45, 7) is 2.08. The molecule has 1 saturated heterocycles. The van der Waals surface area contributed by atoms with Crippen molar-refractivity contribution in [1.82, 2.24) is 5.32 Å². The molecule has 37 heavy (non-hydrogen) atoms. The van der Waals surface area contributed by atoms with Gasteiger partial charge in [-0.3, -0.25) is 14.9 Å². The second kappa shape index (κ2) is 10.3. The van der Waals surface area contributed by atoms with Crippen molar-refractivity contribution >= 4 is 34.6 Å². The van der Waals surface area contributed by atoms with Gasteiger partial charge in [0.1, 0.15) is 11.6 Å². The maximum Gasteiger partial charge on any atom is 0.269 e. The van der Waals surface area contributed by atoms with Crippen LogP contribution in [0.2, 0.25) is 5.02 Å². The van der Waals surface area contributed by atoms with Crippen LogP contribution in [0.3, 0.4) is 0 Å². The molecule has 2 heterocycles. The average molecular weight is 525 g/mol. The van der Waals surface area contributed by atoms with Gasteiger partial charge >= 0.3 is 0 Å². The third kappa shape index (κ3) is 5.04. The van der Waals surface area contributed by atoms with E-state index in [0.29, 0.717) is 36.8 Å². The molecule has 2 aliphatic heterocycles. The number of halogens is 2. The molecule has 0 bridgehead atoms. The predicted octanol–water partition coefficient (Wildman–Crippen LogP) is 4.58. The SMILES string of the molecule is COc1ccc(Cl)cc1N1CCN2c3ccc([N+](=O)[O-])cc3C[C@H](C(=O)NCc3ccc(F)cc3)[C@@H]2C1. The van der Waals surface area contributed by atoms with Gasteiger partial charge in [-0.25, -0.2) is 4.39 Å². The van der Waals surface area contributed by atoms with E-state index in [9.17, 15) is 19.3 Å². The smallest absolute Gasteiger partial charge is 0.269 e. The van der Waals surface area contributed by atoms with Crippen LogP contribution in [0.4, 0.5) is 21.5 Å². The van der Waals surface area contributed by atoms with Crippen molar-refractivity contribution in [2.24, 2.45) is 5.92 Å². The summed E-state index contributed by atoms with van der Waals surface area (Å²) < 4.78 is 18.9. The fourth-order valence-corrected chi connectivity index (χ4v) is 5.44. The zero-order chi connectivity index (χ0) is 26.1. The molecule has 1 amide bonds. The van der Waals surface area contributed by atoms with E-state index >= 15 is 0 Å². The summed E-state index contributed by atoms with van der Waals surface area (Å²) in [5.41, 5.74) is 3.34. The van der Waals surface area contributed by atoms with Gasteiger partial charge in [0.2, 0.25) is 5.91 Å². The average Bonchev–Trinajstić information content (AvgIpc) is 2.91. The van der Waals surface area contributed by atoms with E-state index in [0.717, 1.165) is 22.5 Å². The van der Waals surface area contributed by atoms with Gasteiger partial charge in [0.15, 0.2) is 0 Å². The minimum atomic E-state index is -0.456. The van der Waals surface area contributed by atoms with Crippen molar-refractivity contribution < 1.29 is 18.8 Å². The Labute approximate surface area is 218 Å². The first-order valence-electron chi connectivity index (χ1n) is 12.0. The van der Waals surface area contributed by atoms with Crippen LogP contribution in [0.5, 0.6) is 5.75 Å². The number of nitrogens with zero attached hydrogens (tertiary/aromatic N) is 3. The van der Waals surface area contributed by atoms with Crippen molar-refractivity contribution in [3.8, 4) is 5.75 Å². The second-order valence-corrected chi connectivity index (χ2v) is 9.68. The number of rotatable bonds is 6. The van der Waals surface area contributed by atoms with E-state index in [-0.39, 0.29) is 30.0 Å². The molecule has 3 aromatic rings. The van der Waals surface area contributed by atoms with Crippen LogP contribution < -0.4 is 19.9 Å². The lowest BCUT2D eigenvalue weighted by molar-refractivity contribution is -0.384. The van der Waals surface area contributed by atoms with Crippen molar-refractivity contribution in [2.45, 2.75) is 19.0 Å². The van der Waals surface area contributed by atoms with E-state index in [1.807, 2.05) is 12.1 Å². The number of ether oxygens (including phenoxy) is 1. The van der Waals surface area contributed by atoms with Gasteiger partial charge in [-0.1, -0.05) is 23.7 Å². The topological polar surface area (TPSA) is 87.9 Å². The second-order valence-electron chi connectivity index (χ2n) is 9.25. The molecule has 2 aliphatic rings. The van der Waals surface area contributed by atoms with E-state index in [2.05, 4.69) is 15.1 Å². The molecule has 2 atom stereocenters. The Hall–Kier alpha value is -3.85. The molecule has 192 valence electrons. The monoisotopic (exact) mass is 524 g/mol. The van der Waals surface area contributed by atoms with Crippen molar-refractivity contribution in [3.05, 3.63) is 92.7 Å². The molecule has 1 fully saturated rings. The first-order chi connectivity index (χ1) is 17.8. The van der Waals surface area contributed by atoms with Crippen LogP contribution in [0.1, 0.15) is 11.1 Å². The molecule has 0 aliphatic carbocycles. The van der Waals surface area contributed by atoms with Crippen LogP contribution in [-0.2, 0) is 17.8 Å². The van der Waals surface area contributed by atoms with Crippen molar-refractivity contribution in [2.75, 3.05) is 36.5 Å². The molecule has 0 radical (unpaired) electrons. The first kappa shape index (κ1) is 24.8. The summed E-state index contributed by atoms with van der Waals surface area (Å²) >= 11 is 6.29. The standard InChI is InChI=1S/C27H26ClFN4O4/c1-37-26-9-4-19(28)14-24(26)31-10-11-32-23-8-7-21(33(35)36)12-18(23)13-22(25(32)16-31)27(34)30-15-17-2-5-20(29)6-3-17/h2-9,12,14,22,25H,10-11,13,15-16H2,1H3,(H,30,34)/t22-,25-/m0/s1. The number of amides is 1. The summed E-state index contributed by atoms with van der Waals surface area (Å²) in [4.78, 5) is 28.9. The number of nitro groups is 1. The number of hydrogen-bond acceptors (Lipinski definition) is 6. The number of hydrogen-bond donors (Lipinski definition) is 1. The van der Waals surface area contributed by atoms with Crippen LogP contribution >= 0.6 is 11.6 Å². The summed E-state index contributed by atoms with van der Waals surface area (Å²) in [5.74, 6) is -0.253. The zero-order valence-electron chi connectivity index (χ0n) is 20.2. The Kier molecular flexibility index (Phi) is 6.88. The fraction of sp³-hybridized carbons (Fsp3) is 0.296. The number of non-ortho nitro benzene ring substituents is 1. The minimum Gasteiger partial charge on any atom is -0.495 e. The van der Waals surface area contributed by atoms with E-state index < -0.39 is 10.8 Å². The highest BCUT2D eigenvalue weighted by atomic mass is 35.5. The highest BCUT2D eigenvalue weighted by Crippen LogP contribution is 2.40. The highest BCUT2D eigenvalue weighted by molar-refractivity contribution is 6.31. The molecule has 0 spiro atoms. The third-order valence-electron chi connectivity index (χ3n) is 7.10. The molecular formula is C27H26ClFN4O4. The molecule has 8 nitrogen and oxygen atoms in total. The molecule has 5 rings (SSSR count). The first-order valence-corrected chi connectivity index (χ1v) is 12.4. The number of nitrogens with one attached hydrogen (secondary N) is 1. The van der Waals surface area contributed by atoms with Crippen LogP contribution in [-0.4, -0.2) is 43.6 Å². The Balaban J connectivity index is 1.45. The van der Waals surface area contributed by atoms with Crippen molar-refractivity contribution in [1.29, 1.82) is 0 Å². The fourth-order valence-electron chi connectivity index (χ4n) is 5.27. The predicted molar refractivity (Wildman–Crippen MR) is 140 cm³/mol. The van der Waals surface area contributed by atoms with Gasteiger partial charge < -0.3 is 19.9 Å². The molecule has 0 unspecified atom stereocenters. The van der Waals surface area contributed by atoms with Gasteiger partial charge in [0.25, 0.3) is 5.69 Å². The number of nitro benzene ring substituents is 1. The lowest BCUT2D eigenvalue weighted by atomic mass is 9.83. The molecular weight excluding hydrogens is 499 g/mol. The normalized spacial score (nSPS) is 18.6.